The van der Waals surface area contributed by atoms with Crippen LogP contribution in [-0.4, -0.2) is 54.2 Å². The molecule has 1 aliphatic rings. The number of nitrogens with zero attached hydrogens (tertiary/aromatic N) is 4. The molecule has 0 unspecified atom stereocenters. The third-order valence-electron chi connectivity index (χ3n) is 3.41. The van der Waals surface area contributed by atoms with Gasteiger partial charge in [0.15, 0.2) is 17.0 Å². The largest absolute Gasteiger partial charge is 0.394 e. The topological polar surface area (TPSA) is 93.3 Å². The fraction of sp³-hybridized carbons (Fsp3) is 0.417. The van der Waals surface area contributed by atoms with Crippen molar-refractivity contribution in [3.05, 3.63) is 17.8 Å². The van der Waals surface area contributed by atoms with Gasteiger partial charge in [-0.1, -0.05) is 17.5 Å². The Morgan fingerprint density at radius 3 is 2.95 bits per heavy atom. The molecule has 4 atom stereocenters. The van der Waals surface area contributed by atoms with E-state index in [2.05, 4.69) is 15.0 Å². The molecule has 0 aromatic carbocycles. The van der Waals surface area contributed by atoms with E-state index >= 15 is 0 Å². The number of halogens is 2. The van der Waals surface area contributed by atoms with Crippen molar-refractivity contribution in [2.45, 2.75) is 24.1 Å². The maximum atomic E-state index is 14.9. The van der Waals surface area contributed by atoms with E-state index in [1.807, 2.05) is 5.92 Å². The van der Waals surface area contributed by atoms with Crippen molar-refractivity contribution in [1.82, 2.24) is 19.5 Å². The van der Waals surface area contributed by atoms with Crippen molar-refractivity contribution in [2.24, 2.45) is 0 Å². The van der Waals surface area contributed by atoms with Gasteiger partial charge in [0.25, 0.3) is 0 Å². The molecule has 0 spiro atoms. The Morgan fingerprint density at radius 2 is 2.29 bits per heavy atom. The van der Waals surface area contributed by atoms with Gasteiger partial charge in [-0.25, -0.2) is 19.3 Å². The van der Waals surface area contributed by atoms with Gasteiger partial charge >= 0.3 is 0 Å². The first-order valence-electron chi connectivity index (χ1n) is 5.97. The van der Waals surface area contributed by atoms with Crippen molar-refractivity contribution in [2.75, 3.05) is 6.61 Å². The van der Waals surface area contributed by atoms with Crippen LogP contribution in [0.15, 0.2) is 12.7 Å². The zero-order valence-corrected chi connectivity index (χ0v) is 11.3. The molecule has 1 fully saturated rings. The third-order valence-corrected chi connectivity index (χ3v) is 3.69. The maximum Gasteiger partial charge on any atom is 0.243 e. The second kappa shape index (κ2) is 4.89. The van der Waals surface area contributed by atoms with Crippen molar-refractivity contribution >= 4 is 22.8 Å². The predicted molar refractivity (Wildman–Crippen MR) is 70.0 cm³/mol. The summed E-state index contributed by atoms with van der Waals surface area (Å²) in [5, 5.41) is 19.2. The first-order valence-corrected chi connectivity index (χ1v) is 6.34. The number of alkyl halides is 1. The Balaban J connectivity index is 2.14. The van der Waals surface area contributed by atoms with Crippen molar-refractivity contribution in [1.29, 1.82) is 0 Å². The summed E-state index contributed by atoms with van der Waals surface area (Å²) in [5.74, 6) is 1.89. The number of terminal acetylenes is 1. The van der Waals surface area contributed by atoms with Crippen LogP contribution in [0, 0.1) is 12.3 Å². The van der Waals surface area contributed by atoms with Gasteiger partial charge in [0.2, 0.25) is 5.67 Å². The Bertz CT molecular complexity index is 733. The van der Waals surface area contributed by atoms with Gasteiger partial charge in [-0.15, -0.1) is 6.42 Å². The lowest BCUT2D eigenvalue weighted by Crippen LogP contribution is -2.42. The van der Waals surface area contributed by atoms with Gasteiger partial charge in [0.1, 0.15) is 24.1 Å². The molecule has 0 radical (unpaired) electrons. The highest BCUT2D eigenvalue weighted by Crippen LogP contribution is 2.42. The monoisotopic (exact) mass is 312 g/mol. The lowest BCUT2D eigenvalue weighted by molar-refractivity contribution is -0.0504. The summed E-state index contributed by atoms with van der Waals surface area (Å²) < 4.78 is 21.4. The molecule has 1 aliphatic heterocycles. The first kappa shape index (κ1) is 14.2. The number of rotatable bonds is 2. The number of imidazole rings is 1. The molecule has 3 rings (SSSR count). The molecule has 21 heavy (non-hydrogen) atoms. The fourth-order valence-corrected chi connectivity index (χ4v) is 2.50. The molecule has 2 N–H and O–H groups in total. The summed E-state index contributed by atoms with van der Waals surface area (Å²) >= 11 is 5.88. The highest BCUT2D eigenvalue weighted by atomic mass is 35.5. The fourth-order valence-electron chi connectivity index (χ4n) is 2.32. The maximum absolute atomic E-state index is 14.9. The van der Waals surface area contributed by atoms with Crippen molar-refractivity contribution in [3.8, 4) is 12.3 Å². The minimum Gasteiger partial charge on any atom is -0.394 e. The summed E-state index contributed by atoms with van der Waals surface area (Å²) in [6.45, 7) is -0.576. The lowest BCUT2D eigenvalue weighted by atomic mass is 9.97. The summed E-state index contributed by atoms with van der Waals surface area (Å²) in [6, 6.07) is 0. The summed E-state index contributed by atoms with van der Waals surface area (Å²) in [5.41, 5.74) is -2.06. The molecule has 0 bridgehead atoms. The van der Waals surface area contributed by atoms with Crippen molar-refractivity contribution in [3.63, 3.8) is 0 Å². The molecule has 2 aromatic rings. The van der Waals surface area contributed by atoms with Crippen LogP contribution in [-0.2, 0) is 4.74 Å². The van der Waals surface area contributed by atoms with Crippen LogP contribution >= 0.6 is 11.6 Å². The molecule has 110 valence electrons. The lowest BCUT2D eigenvalue weighted by Gasteiger charge is -2.23. The summed E-state index contributed by atoms with van der Waals surface area (Å²) in [6.07, 6.45) is 3.43. The van der Waals surface area contributed by atoms with Crippen molar-refractivity contribution < 1.29 is 19.3 Å². The molecule has 2 aromatic heterocycles. The second-order valence-corrected chi connectivity index (χ2v) is 4.91. The van der Waals surface area contributed by atoms with Crippen LogP contribution in [0.3, 0.4) is 0 Å². The van der Waals surface area contributed by atoms with Gasteiger partial charge in [-0.2, -0.15) is 0 Å². The van der Waals surface area contributed by atoms with Gasteiger partial charge in [-0.05, 0) is 0 Å². The molecular formula is C12H10ClFN4O3. The van der Waals surface area contributed by atoms with Crippen LogP contribution in [0.4, 0.5) is 4.39 Å². The summed E-state index contributed by atoms with van der Waals surface area (Å²) in [7, 11) is 0. The number of aliphatic hydroxyl groups is 2. The molecule has 1 saturated heterocycles. The van der Waals surface area contributed by atoms with Crippen LogP contribution in [0.2, 0.25) is 5.15 Å². The Kier molecular flexibility index (Phi) is 3.30. The van der Waals surface area contributed by atoms with Gasteiger partial charge in [-0.3, -0.25) is 4.57 Å². The number of hydrogen-bond acceptors (Lipinski definition) is 6. The average molecular weight is 313 g/mol. The Labute approximate surface area is 123 Å². The highest BCUT2D eigenvalue weighted by molar-refractivity contribution is 6.33. The van der Waals surface area contributed by atoms with E-state index in [0.717, 1.165) is 0 Å². The van der Waals surface area contributed by atoms with E-state index in [9.17, 15) is 9.50 Å². The predicted octanol–water partition coefficient (Wildman–Crippen LogP) is 0.0718. The van der Waals surface area contributed by atoms with E-state index in [-0.39, 0.29) is 16.3 Å². The third kappa shape index (κ3) is 1.90. The number of aromatic nitrogens is 4. The average Bonchev–Trinajstić information content (AvgIpc) is 3.01. The van der Waals surface area contributed by atoms with E-state index in [0.29, 0.717) is 0 Å². The van der Waals surface area contributed by atoms with Crippen LogP contribution < -0.4 is 0 Å². The standard InChI is InChI=1S/C12H10ClFN4O3/c1-2-12(14)8(20)6(3-19)21-11(12)18-5-17-7-9(13)15-4-16-10(7)18/h1,4-6,8,11,19-20H,3H2/t6-,8-,11+,12-/m1/s1. The Hall–Kier alpha value is -1.79. The molecule has 7 nitrogen and oxygen atoms in total. The number of hydrogen-bond donors (Lipinski definition) is 2. The molecule has 0 amide bonds. The molecule has 3 heterocycles. The molecule has 0 aliphatic carbocycles. The Morgan fingerprint density at radius 1 is 1.52 bits per heavy atom. The minimum absolute atomic E-state index is 0.0983. The SMILES string of the molecule is C#C[C@@]1(F)[C@H](O)[C@@H](CO)O[C@@H]1n1cnc2c(Cl)ncnc21. The first-order chi connectivity index (χ1) is 10.0. The quantitative estimate of drug-likeness (QED) is 0.602. The molecular weight excluding hydrogens is 303 g/mol. The van der Waals surface area contributed by atoms with Crippen LogP contribution in [0.1, 0.15) is 6.23 Å². The molecule has 0 saturated carbocycles. The normalized spacial score (nSPS) is 32.4. The van der Waals surface area contributed by atoms with Gasteiger partial charge in [0.05, 0.1) is 12.9 Å². The van der Waals surface area contributed by atoms with Crippen LogP contribution in [0.5, 0.6) is 0 Å². The second-order valence-electron chi connectivity index (χ2n) is 4.56. The zero-order chi connectivity index (χ0) is 15.2. The van der Waals surface area contributed by atoms with E-state index < -0.39 is 30.7 Å². The van der Waals surface area contributed by atoms with Crippen LogP contribution in [0.25, 0.3) is 11.2 Å². The van der Waals surface area contributed by atoms with E-state index in [4.69, 9.17) is 27.9 Å². The van der Waals surface area contributed by atoms with Gasteiger partial charge < -0.3 is 14.9 Å². The van der Waals surface area contributed by atoms with Gasteiger partial charge in [0, 0.05) is 0 Å². The van der Waals surface area contributed by atoms with E-state index in [1.54, 1.807) is 0 Å². The zero-order valence-electron chi connectivity index (χ0n) is 10.5. The highest BCUT2D eigenvalue weighted by Gasteiger charge is 2.57. The minimum atomic E-state index is -2.53. The van der Waals surface area contributed by atoms with E-state index in [1.165, 1.54) is 17.2 Å². The summed E-state index contributed by atoms with van der Waals surface area (Å²) in [4.78, 5) is 11.7. The number of fused-ring (bicyclic) bond motifs is 1. The number of ether oxygens (including phenoxy) is 1. The number of aliphatic hydroxyl groups excluding tert-OH is 2. The smallest absolute Gasteiger partial charge is 0.243 e. The molecule has 9 heteroatoms.